The molecule has 3 rings (SSSR count). The highest BCUT2D eigenvalue weighted by atomic mass is 35.5. The van der Waals surface area contributed by atoms with E-state index in [1.165, 1.54) is 0 Å². The summed E-state index contributed by atoms with van der Waals surface area (Å²) in [7, 11) is 0. The molecule has 0 radical (unpaired) electrons. The van der Waals surface area contributed by atoms with Gasteiger partial charge >= 0.3 is 6.03 Å². The molecule has 6 nitrogen and oxygen atoms in total. The van der Waals surface area contributed by atoms with Crippen LogP contribution in [0.15, 0.2) is 42.5 Å². The summed E-state index contributed by atoms with van der Waals surface area (Å²) >= 11 is 12.1. The van der Waals surface area contributed by atoms with Gasteiger partial charge in [-0.15, -0.1) is 0 Å². The number of halogens is 2. The van der Waals surface area contributed by atoms with Gasteiger partial charge in [-0.3, -0.25) is 4.90 Å². The van der Waals surface area contributed by atoms with Gasteiger partial charge in [0.1, 0.15) is 5.75 Å². The second-order valence-corrected chi connectivity index (χ2v) is 7.46. The summed E-state index contributed by atoms with van der Waals surface area (Å²) in [5.41, 5.74) is 6.86. The number of carbonyl (C=O) groups is 1. The van der Waals surface area contributed by atoms with Gasteiger partial charge in [0.2, 0.25) is 0 Å². The number of benzene rings is 2. The van der Waals surface area contributed by atoms with Gasteiger partial charge < -0.3 is 20.7 Å². The van der Waals surface area contributed by atoms with Crippen molar-refractivity contribution in [3.8, 4) is 5.75 Å². The largest absolute Gasteiger partial charge is 0.494 e. The molecule has 1 aliphatic rings. The van der Waals surface area contributed by atoms with E-state index in [9.17, 15) is 4.79 Å². The summed E-state index contributed by atoms with van der Waals surface area (Å²) in [6.45, 7) is 5.59. The van der Waals surface area contributed by atoms with Crippen LogP contribution in [0.5, 0.6) is 5.75 Å². The number of nitrogens with one attached hydrogen (secondary N) is 1. The minimum atomic E-state index is -0.576. The van der Waals surface area contributed by atoms with E-state index in [-0.39, 0.29) is 0 Å². The Labute approximate surface area is 175 Å². The summed E-state index contributed by atoms with van der Waals surface area (Å²) in [6.07, 6.45) is 0.952. The zero-order valence-electron chi connectivity index (χ0n) is 15.5. The van der Waals surface area contributed by atoms with Crippen LogP contribution in [0.3, 0.4) is 0 Å². The number of urea groups is 1. The summed E-state index contributed by atoms with van der Waals surface area (Å²) in [4.78, 5) is 15.6. The molecule has 0 aromatic heterocycles. The van der Waals surface area contributed by atoms with Crippen molar-refractivity contribution >= 4 is 40.6 Å². The van der Waals surface area contributed by atoms with Crippen LogP contribution in [-0.4, -0.2) is 50.3 Å². The fraction of sp³-hybridized carbons (Fsp3) is 0.350. The smallest absolute Gasteiger partial charge is 0.316 e. The van der Waals surface area contributed by atoms with E-state index in [0.29, 0.717) is 22.3 Å². The highest BCUT2D eigenvalue weighted by Gasteiger charge is 2.17. The average Bonchev–Trinajstić information content (AvgIpc) is 2.69. The summed E-state index contributed by atoms with van der Waals surface area (Å²) in [5, 5.41) is 3.70. The third-order valence-electron chi connectivity index (χ3n) is 4.65. The van der Waals surface area contributed by atoms with Crippen molar-refractivity contribution in [2.45, 2.75) is 6.42 Å². The van der Waals surface area contributed by atoms with Crippen molar-refractivity contribution < 1.29 is 9.53 Å². The maximum absolute atomic E-state index is 10.8. The minimum Gasteiger partial charge on any atom is -0.494 e. The van der Waals surface area contributed by atoms with Crippen molar-refractivity contribution in [3.05, 3.63) is 52.5 Å². The van der Waals surface area contributed by atoms with Gasteiger partial charge in [0.15, 0.2) is 0 Å². The Hall–Kier alpha value is -2.15. The Morgan fingerprint density at radius 2 is 1.75 bits per heavy atom. The van der Waals surface area contributed by atoms with E-state index < -0.39 is 6.03 Å². The van der Waals surface area contributed by atoms with E-state index in [1.54, 1.807) is 12.1 Å². The van der Waals surface area contributed by atoms with Crippen molar-refractivity contribution in [2.24, 2.45) is 5.73 Å². The molecular formula is C20H24Cl2N4O2. The Bertz CT molecular complexity index is 793. The SMILES string of the molecule is NC(=O)Nc1ccc(OCCCN2CCN(c3ccc(Cl)c(Cl)c3)CC2)cc1. The summed E-state index contributed by atoms with van der Waals surface area (Å²) < 4.78 is 5.76. The summed E-state index contributed by atoms with van der Waals surface area (Å²) in [5.74, 6) is 0.777. The molecule has 0 unspecified atom stereocenters. The number of ether oxygens (including phenoxy) is 1. The number of hydrogen-bond donors (Lipinski definition) is 2. The lowest BCUT2D eigenvalue weighted by molar-refractivity contribution is 0.225. The molecule has 28 heavy (non-hydrogen) atoms. The normalized spacial score (nSPS) is 14.7. The molecule has 0 bridgehead atoms. The number of nitrogens with two attached hydrogens (primary N) is 1. The number of primary amides is 1. The molecule has 1 aliphatic heterocycles. The van der Waals surface area contributed by atoms with Crippen molar-refractivity contribution in [2.75, 3.05) is 49.5 Å². The molecular weight excluding hydrogens is 399 g/mol. The topological polar surface area (TPSA) is 70.8 Å². The first-order chi connectivity index (χ1) is 13.5. The highest BCUT2D eigenvalue weighted by molar-refractivity contribution is 6.42. The van der Waals surface area contributed by atoms with Crippen molar-refractivity contribution in [3.63, 3.8) is 0 Å². The number of piperazine rings is 1. The minimum absolute atomic E-state index is 0.576. The van der Waals surface area contributed by atoms with E-state index >= 15 is 0 Å². The molecule has 3 N–H and O–H groups in total. The maximum Gasteiger partial charge on any atom is 0.316 e. The Balaban J connectivity index is 1.35. The molecule has 2 aromatic carbocycles. The van der Waals surface area contributed by atoms with E-state index in [2.05, 4.69) is 15.1 Å². The fourth-order valence-electron chi connectivity index (χ4n) is 3.17. The zero-order valence-corrected chi connectivity index (χ0v) is 17.0. The number of carbonyl (C=O) groups excluding carboxylic acids is 1. The molecule has 2 amide bonds. The molecule has 8 heteroatoms. The third-order valence-corrected chi connectivity index (χ3v) is 5.39. The number of hydrogen-bond acceptors (Lipinski definition) is 4. The van der Waals surface area contributed by atoms with Gasteiger partial charge in [0.25, 0.3) is 0 Å². The monoisotopic (exact) mass is 422 g/mol. The van der Waals surface area contributed by atoms with E-state index in [1.807, 2.05) is 30.3 Å². The van der Waals surface area contributed by atoms with Crippen molar-refractivity contribution in [1.29, 1.82) is 0 Å². The lowest BCUT2D eigenvalue weighted by Crippen LogP contribution is -2.46. The first-order valence-electron chi connectivity index (χ1n) is 9.23. The second-order valence-electron chi connectivity index (χ2n) is 6.64. The maximum atomic E-state index is 10.8. The first-order valence-corrected chi connectivity index (χ1v) is 9.98. The lowest BCUT2D eigenvalue weighted by Gasteiger charge is -2.36. The quantitative estimate of drug-likeness (QED) is 0.659. The molecule has 0 saturated carbocycles. The second kappa shape index (κ2) is 9.87. The van der Waals surface area contributed by atoms with Gasteiger partial charge in [0, 0.05) is 44.1 Å². The number of amides is 2. The van der Waals surface area contributed by atoms with Crippen LogP contribution in [0.2, 0.25) is 10.0 Å². The molecule has 0 aliphatic carbocycles. The lowest BCUT2D eigenvalue weighted by atomic mass is 10.2. The molecule has 0 spiro atoms. The van der Waals surface area contributed by atoms with Crippen LogP contribution in [0.25, 0.3) is 0 Å². The van der Waals surface area contributed by atoms with Crippen LogP contribution in [0, 0.1) is 0 Å². The third kappa shape index (κ3) is 5.92. The van der Waals surface area contributed by atoms with Gasteiger partial charge in [-0.25, -0.2) is 4.79 Å². The number of rotatable bonds is 7. The van der Waals surface area contributed by atoms with Gasteiger partial charge in [-0.05, 0) is 48.9 Å². The van der Waals surface area contributed by atoms with Crippen LogP contribution in [0.1, 0.15) is 6.42 Å². The molecule has 1 fully saturated rings. The predicted octanol–water partition coefficient (Wildman–Crippen LogP) is 4.08. The molecule has 1 saturated heterocycles. The Kier molecular flexibility index (Phi) is 7.25. The standard InChI is InChI=1S/C20H24Cl2N4O2/c21-18-7-4-16(14-19(18)22)26-11-9-25(10-12-26)8-1-13-28-17-5-2-15(3-6-17)24-20(23)27/h2-7,14H,1,8-13H2,(H3,23,24,27). The average molecular weight is 423 g/mol. The predicted molar refractivity (Wildman–Crippen MR) is 115 cm³/mol. The van der Waals surface area contributed by atoms with E-state index in [0.717, 1.165) is 50.6 Å². The van der Waals surface area contributed by atoms with Gasteiger partial charge in [-0.2, -0.15) is 0 Å². The molecule has 150 valence electrons. The zero-order chi connectivity index (χ0) is 19.9. The highest BCUT2D eigenvalue weighted by Crippen LogP contribution is 2.27. The Morgan fingerprint density at radius 1 is 1.04 bits per heavy atom. The van der Waals surface area contributed by atoms with Gasteiger partial charge in [-0.1, -0.05) is 23.2 Å². The Morgan fingerprint density at radius 3 is 2.39 bits per heavy atom. The van der Waals surface area contributed by atoms with Gasteiger partial charge in [0.05, 0.1) is 16.7 Å². The van der Waals surface area contributed by atoms with Crippen LogP contribution in [-0.2, 0) is 0 Å². The summed E-state index contributed by atoms with van der Waals surface area (Å²) in [6, 6.07) is 12.4. The molecule has 2 aromatic rings. The van der Waals surface area contributed by atoms with E-state index in [4.69, 9.17) is 33.7 Å². The first kappa shape index (κ1) is 20.6. The van der Waals surface area contributed by atoms with Crippen LogP contribution in [0.4, 0.5) is 16.2 Å². The fourth-order valence-corrected chi connectivity index (χ4v) is 3.46. The number of anilines is 2. The number of nitrogens with zero attached hydrogens (tertiary/aromatic N) is 2. The van der Waals surface area contributed by atoms with Crippen molar-refractivity contribution in [1.82, 2.24) is 4.90 Å². The van der Waals surface area contributed by atoms with Crippen LogP contribution < -0.4 is 20.7 Å². The van der Waals surface area contributed by atoms with Crippen LogP contribution >= 0.6 is 23.2 Å². The molecule has 1 heterocycles. The molecule has 0 atom stereocenters.